The van der Waals surface area contributed by atoms with Crippen LogP contribution in [0.5, 0.6) is 0 Å². The monoisotopic (exact) mass is 726 g/mol. The third-order valence-corrected chi connectivity index (χ3v) is 11.2. The van der Waals surface area contributed by atoms with Crippen LogP contribution >= 0.6 is 0 Å². The largest absolute Gasteiger partial charge is 0.461 e. The van der Waals surface area contributed by atoms with Crippen LogP contribution in [0.3, 0.4) is 0 Å². The number of aromatic nitrogens is 1. The zero-order valence-corrected chi connectivity index (χ0v) is 31.7. The fraction of sp³-hybridized carbons (Fsp3) is 0.700. The number of nitrogens with zero attached hydrogens (tertiary/aromatic N) is 2. The summed E-state index contributed by atoms with van der Waals surface area (Å²) < 4.78 is 32.0. The van der Waals surface area contributed by atoms with Crippen molar-refractivity contribution in [1.29, 1.82) is 0 Å². The summed E-state index contributed by atoms with van der Waals surface area (Å²) in [5, 5.41) is 6.64. The SMILES string of the molecule is CCOCCCOC(=O)c1cc2cc(NC(=O)[C@H]3[C@H](C4CCCCC4)CCN3C(=O)C3CCC([C@@H](CF)NC(=O)OC(C)(C)C)CC3)ccc2n1C. The van der Waals surface area contributed by atoms with Gasteiger partial charge in [0, 0.05) is 55.7 Å². The summed E-state index contributed by atoms with van der Waals surface area (Å²) in [6, 6.07) is 6.12. The average molecular weight is 727 g/mol. The predicted molar refractivity (Wildman–Crippen MR) is 198 cm³/mol. The number of benzene rings is 1. The highest BCUT2D eigenvalue weighted by atomic mass is 19.1. The molecule has 3 aliphatic rings. The highest BCUT2D eigenvalue weighted by Gasteiger charge is 2.47. The summed E-state index contributed by atoms with van der Waals surface area (Å²) >= 11 is 0. The van der Waals surface area contributed by atoms with Crippen molar-refractivity contribution in [3.05, 3.63) is 30.0 Å². The van der Waals surface area contributed by atoms with Crippen molar-refractivity contribution in [2.75, 3.05) is 38.4 Å². The Kier molecular flexibility index (Phi) is 13.6. The molecule has 1 saturated heterocycles. The van der Waals surface area contributed by atoms with Crippen molar-refractivity contribution in [2.45, 2.75) is 116 Å². The first kappa shape index (κ1) is 39.5. The molecular weight excluding hydrogens is 667 g/mol. The molecule has 5 rings (SSSR count). The van der Waals surface area contributed by atoms with Gasteiger partial charge in [0.25, 0.3) is 0 Å². The fourth-order valence-electron chi connectivity index (χ4n) is 8.58. The number of hydrogen-bond donors (Lipinski definition) is 2. The van der Waals surface area contributed by atoms with Crippen LogP contribution in [0.4, 0.5) is 14.9 Å². The number of carbonyl (C=O) groups excluding carboxylic acids is 4. The van der Waals surface area contributed by atoms with Gasteiger partial charge in [-0.3, -0.25) is 9.59 Å². The number of ether oxygens (including phenoxy) is 3. The summed E-state index contributed by atoms with van der Waals surface area (Å²) in [5.41, 5.74) is 1.19. The Morgan fingerprint density at radius 1 is 0.962 bits per heavy atom. The van der Waals surface area contributed by atoms with Gasteiger partial charge in [-0.15, -0.1) is 0 Å². The molecule has 0 radical (unpaired) electrons. The zero-order valence-electron chi connectivity index (χ0n) is 31.7. The molecule has 3 amide bonds. The van der Waals surface area contributed by atoms with Crippen molar-refractivity contribution >= 4 is 40.5 Å². The molecule has 2 saturated carbocycles. The highest BCUT2D eigenvalue weighted by molar-refractivity contribution is 6.01. The molecule has 1 aliphatic heterocycles. The van der Waals surface area contributed by atoms with E-state index < -0.39 is 36.4 Å². The summed E-state index contributed by atoms with van der Waals surface area (Å²) in [5.74, 6) is -0.471. The number of likely N-dealkylation sites (tertiary alicyclic amines) is 1. The van der Waals surface area contributed by atoms with Gasteiger partial charge in [0.2, 0.25) is 11.8 Å². The Morgan fingerprint density at radius 3 is 2.37 bits per heavy atom. The number of alkyl halides is 1. The average Bonchev–Trinajstić information content (AvgIpc) is 3.71. The summed E-state index contributed by atoms with van der Waals surface area (Å²) in [4.78, 5) is 55.5. The summed E-state index contributed by atoms with van der Waals surface area (Å²) in [6.07, 6.45) is 8.78. The Morgan fingerprint density at radius 2 is 1.69 bits per heavy atom. The number of nitrogens with one attached hydrogen (secondary N) is 2. The Bertz CT molecular complexity index is 1540. The number of halogens is 1. The van der Waals surface area contributed by atoms with E-state index in [0.29, 0.717) is 69.2 Å². The normalized spacial score (nSPS) is 23.3. The number of amides is 3. The molecule has 0 spiro atoms. The minimum atomic E-state index is -0.699. The van der Waals surface area contributed by atoms with Crippen molar-refractivity contribution < 1.29 is 37.8 Å². The van der Waals surface area contributed by atoms with Crippen LogP contribution in [0, 0.1) is 23.7 Å². The first-order chi connectivity index (χ1) is 24.9. The van der Waals surface area contributed by atoms with E-state index in [2.05, 4.69) is 10.6 Å². The maximum Gasteiger partial charge on any atom is 0.407 e. The van der Waals surface area contributed by atoms with Gasteiger partial charge in [0.1, 0.15) is 24.0 Å². The molecule has 1 aromatic carbocycles. The topological polar surface area (TPSA) is 128 Å². The van der Waals surface area contributed by atoms with Gasteiger partial charge in [0.15, 0.2) is 0 Å². The number of anilines is 1. The first-order valence-corrected chi connectivity index (χ1v) is 19.4. The standard InChI is InChI=1S/C40H59FN4O7/c1-6-50-21-10-22-51-38(48)34-24-29-23-30(17-18-33(29)44(34)5)42-36(46)35-31(26-11-8-7-9-12-26)19-20-45(35)37(47)28-15-13-27(14-16-28)32(25-41)43-39(49)52-40(2,3)4/h17-18,23-24,26-28,31-32,35H,6-16,19-22,25H2,1-5H3,(H,42,46)(H,43,49)/t27?,28?,31-,32+,35+/m0/s1. The van der Waals surface area contributed by atoms with Crippen LogP contribution in [0.1, 0.15) is 109 Å². The third kappa shape index (κ3) is 9.85. The Balaban J connectivity index is 1.26. The van der Waals surface area contributed by atoms with Gasteiger partial charge in [-0.25, -0.2) is 14.0 Å². The molecule has 288 valence electrons. The number of fused-ring (bicyclic) bond motifs is 1. The molecule has 0 unspecified atom stereocenters. The minimum Gasteiger partial charge on any atom is -0.461 e. The van der Waals surface area contributed by atoms with E-state index in [1.807, 2.05) is 37.1 Å². The summed E-state index contributed by atoms with van der Waals surface area (Å²) in [6.45, 7) is 8.49. The number of alkyl carbamates (subject to hydrolysis) is 1. The molecule has 0 bridgehead atoms. The molecule has 2 N–H and O–H groups in total. The maximum atomic E-state index is 14.3. The first-order valence-electron chi connectivity index (χ1n) is 19.4. The fourth-order valence-corrected chi connectivity index (χ4v) is 8.58. The predicted octanol–water partition coefficient (Wildman–Crippen LogP) is 7.17. The third-order valence-electron chi connectivity index (χ3n) is 11.2. The molecule has 3 fully saturated rings. The van der Waals surface area contributed by atoms with Crippen LogP contribution in [0.2, 0.25) is 0 Å². The molecule has 2 aromatic rings. The Labute approximate surface area is 307 Å². The lowest BCUT2D eigenvalue weighted by molar-refractivity contribution is -0.142. The molecule has 2 heterocycles. The van der Waals surface area contributed by atoms with Crippen LogP contribution in [0.25, 0.3) is 10.9 Å². The second kappa shape index (κ2) is 17.9. The van der Waals surface area contributed by atoms with Gasteiger partial charge in [-0.2, -0.15) is 0 Å². The lowest BCUT2D eigenvalue weighted by Crippen LogP contribution is -2.50. The van der Waals surface area contributed by atoms with Gasteiger partial charge < -0.3 is 34.3 Å². The van der Waals surface area contributed by atoms with Crippen molar-refractivity contribution in [3.8, 4) is 0 Å². The zero-order chi connectivity index (χ0) is 37.4. The number of carbonyl (C=O) groups is 4. The van der Waals surface area contributed by atoms with Gasteiger partial charge in [-0.05, 0) is 102 Å². The molecule has 2 aliphatic carbocycles. The lowest BCUT2D eigenvalue weighted by Gasteiger charge is -2.37. The lowest BCUT2D eigenvalue weighted by atomic mass is 9.76. The smallest absolute Gasteiger partial charge is 0.407 e. The van der Waals surface area contributed by atoms with E-state index in [4.69, 9.17) is 14.2 Å². The summed E-state index contributed by atoms with van der Waals surface area (Å²) in [7, 11) is 1.82. The number of hydrogen-bond acceptors (Lipinski definition) is 7. The van der Waals surface area contributed by atoms with Crippen LogP contribution in [0.15, 0.2) is 24.3 Å². The van der Waals surface area contributed by atoms with E-state index in [1.165, 1.54) is 6.42 Å². The van der Waals surface area contributed by atoms with Crippen molar-refractivity contribution in [1.82, 2.24) is 14.8 Å². The van der Waals surface area contributed by atoms with Gasteiger partial charge in [-0.1, -0.05) is 32.1 Å². The molecule has 12 heteroatoms. The Hall–Kier alpha value is -3.67. The van der Waals surface area contributed by atoms with E-state index in [-0.39, 0.29) is 36.2 Å². The molecule has 3 atom stereocenters. The van der Waals surface area contributed by atoms with Gasteiger partial charge in [0.05, 0.1) is 12.6 Å². The number of aryl methyl sites for hydroxylation is 1. The molecule has 11 nitrogen and oxygen atoms in total. The van der Waals surface area contributed by atoms with Gasteiger partial charge >= 0.3 is 12.1 Å². The van der Waals surface area contributed by atoms with Crippen LogP contribution in [-0.2, 0) is 30.8 Å². The van der Waals surface area contributed by atoms with E-state index in [0.717, 1.165) is 43.0 Å². The molecule has 1 aromatic heterocycles. The minimum absolute atomic E-state index is 0.00303. The van der Waals surface area contributed by atoms with E-state index in [9.17, 15) is 23.6 Å². The van der Waals surface area contributed by atoms with E-state index in [1.54, 1.807) is 31.4 Å². The second-order valence-electron chi connectivity index (χ2n) is 15.9. The number of esters is 1. The molecule has 52 heavy (non-hydrogen) atoms. The molecular formula is C40H59FN4O7. The van der Waals surface area contributed by atoms with E-state index >= 15 is 0 Å². The van der Waals surface area contributed by atoms with Crippen molar-refractivity contribution in [3.63, 3.8) is 0 Å². The van der Waals surface area contributed by atoms with Crippen LogP contribution < -0.4 is 10.6 Å². The maximum absolute atomic E-state index is 14.3. The van der Waals surface area contributed by atoms with Crippen LogP contribution in [-0.4, -0.2) is 84.1 Å². The number of rotatable bonds is 13. The highest BCUT2D eigenvalue weighted by Crippen LogP contribution is 2.41. The van der Waals surface area contributed by atoms with Crippen molar-refractivity contribution in [2.24, 2.45) is 30.7 Å². The second-order valence-corrected chi connectivity index (χ2v) is 15.9. The quantitative estimate of drug-likeness (QED) is 0.166.